The minimum Gasteiger partial charge on any atom is -0.432 e. The van der Waals surface area contributed by atoms with E-state index in [0.29, 0.717) is 18.7 Å². The average Bonchev–Trinajstić information content (AvgIpc) is 2.32. The highest BCUT2D eigenvalue weighted by Gasteiger charge is 2.11. The molecule has 1 aromatic rings. The molecule has 0 fully saturated rings. The van der Waals surface area contributed by atoms with Crippen molar-refractivity contribution in [2.45, 2.75) is 25.9 Å². The molecule has 0 heterocycles. The molecule has 0 aliphatic carbocycles. The Hall–Kier alpha value is -1.43. The summed E-state index contributed by atoms with van der Waals surface area (Å²) in [6.07, 6.45) is 1.61. The first kappa shape index (κ1) is 15.6. The van der Waals surface area contributed by atoms with Crippen molar-refractivity contribution in [2.24, 2.45) is 0 Å². The number of halogens is 4. The zero-order valence-corrected chi connectivity index (χ0v) is 10.7. The Morgan fingerprint density at radius 2 is 2.11 bits per heavy atom. The average molecular weight is 296 g/mol. The molecule has 7 heteroatoms. The number of carbonyl (C=O) groups is 1. The van der Waals surface area contributed by atoms with Gasteiger partial charge in [-0.05, 0) is 25.0 Å². The Balaban J connectivity index is 2.55. The molecule has 0 saturated carbocycles. The van der Waals surface area contributed by atoms with Gasteiger partial charge in [-0.3, -0.25) is 4.79 Å². The van der Waals surface area contributed by atoms with Crippen molar-refractivity contribution in [1.29, 1.82) is 0 Å². The number of alkyl halides is 3. The fourth-order valence-corrected chi connectivity index (χ4v) is 1.56. The summed E-state index contributed by atoms with van der Waals surface area (Å²) in [6.45, 7) is -3.09. The quantitative estimate of drug-likeness (QED) is 0.614. The monoisotopic (exact) mass is 295 g/mol. The van der Waals surface area contributed by atoms with Crippen LogP contribution < -0.4 is 10.1 Å². The summed E-state index contributed by atoms with van der Waals surface area (Å²) in [7, 11) is 0. The largest absolute Gasteiger partial charge is 0.432 e. The van der Waals surface area contributed by atoms with Crippen molar-refractivity contribution in [3.8, 4) is 5.75 Å². The van der Waals surface area contributed by atoms with E-state index in [1.807, 2.05) is 0 Å². The van der Waals surface area contributed by atoms with Crippen LogP contribution >= 0.6 is 11.6 Å². The summed E-state index contributed by atoms with van der Waals surface area (Å²) in [5, 5.41) is 2.46. The Labute approximate surface area is 113 Å². The molecule has 0 unspecified atom stereocenters. The summed E-state index contributed by atoms with van der Waals surface area (Å²) in [5.41, 5.74) is 0.190. The third-order valence-electron chi connectivity index (χ3n) is 2.22. The van der Waals surface area contributed by atoms with Crippen LogP contribution in [0.5, 0.6) is 5.75 Å². The Bertz CT molecular complexity index is 429. The van der Waals surface area contributed by atoms with Crippen molar-refractivity contribution < 1.29 is 22.7 Å². The number of amides is 1. The van der Waals surface area contributed by atoms with E-state index in [4.69, 9.17) is 11.6 Å². The molecule has 0 saturated heterocycles. The molecule has 0 bridgehead atoms. The van der Waals surface area contributed by atoms with Crippen LogP contribution in [0.15, 0.2) is 18.2 Å². The van der Waals surface area contributed by atoms with Crippen LogP contribution in [0.4, 0.5) is 18.9 Å². The molecule has 1 N–H and O–H groups in total. The summed E-state index contributed by atoms with van der Waals surface area (Å²) in [5.74, 6) is -1.33. The lowest BCUT2D eigenvalue weighted by atomic mass is 10.2. The number of carbonyl (C=O) groups excluding carboxylic acids is 1. The molecule has 0 aliphatic rings. The number of benzene rings is 1. The van der Waals surface area contributed by atoms with Gasteiger partial charge in [-0.25, -0.2) is 4.39 Å². The number of rotatable bonds is 7. The zero-order chi connectivity index (χ0) is 14.3. The summed E-state index contributed by atoms with van der Waals surface area (Å²) < 4.78 is 41.1. The maximum Gasteiger partial charge on any atom is 0.387 e. The standard InChI is InChI=1S/C12H13ClF3NO2/c13-6-2-1-3-11(18)17-8-4-5-10(9(14)7-8)19-12(15)16/h4-5,7,12H,1-3,6H2,(H,17,18). The third-order valence-corrected chi connectivity index (χ3v) is 2.49. The van der Waals surface area contributed by atoms with Crippen molar-refractivity contribution >= 4 is 23.2 Å². The second-order valence-electron chi connectivity index (χ2n) is 3.72. The Morgan fingerprint density at radius 3 is 2.68 bits per heavy atom. The smallest absolute Gasteiger partial charge is 0.387 e. The third kappa shape index (κ3) is 5.83. The van der Waals surface area contributed by atoms with E-state index in [-0.39, 0.29) is 18.0 Å². The van der Waals surface area contributed by atoms with Gasteiger partial charge in [0.1, 0.15) is 0 Å². The van der Waals surface area contributed by atoms with Gasteiger partial charge in [-0.2, -0.15) is 8.78 Å². The van der Waals surface area contributed by atoms with Crippen LogP contribution in [0, 0.1) is 5.82 Å². The highest BCUT2D eigenvalue weighted by molar-refractivity contribution is 6.17. The van der Waals surface area contributed by atoms with Gasteiger partial charge in [-0.1, -0.05) is 0 Å². The minimum atomic E-state index is -3.09. The Morgan fingerprint density at radius 1 is 1.37 bits per heavy atom. The van der Waals surface area contributed by atoms with Gasteiger partial charge in [0.25, 0.3) is 0 Å². The van der Waals surface area contributed by atoms with Crippen LogP contribution in [0.25, 0.3) is 0 Å². The molecule has 0 aliphatic heterocycles. The van der Waals surface area contributed by atoms with E-state index in [1.54, 1.807) is 0 Å². The first-order valence-corrected chi connectivity index (χ1v) is 6.16. The van der Waals surface area contributed by atoms with Crippen molar-refractivity contribution in [2.75, 3.05) is 11.2 Å². The SMILES string of the molecule is O=C(CCCCCl)Nc1ccc(OC(F)F)c(F)c1. The predicted octanol–water partition coefficient (Wildman–Crippen LogP) is 3.77. The second-order valence-corrected chi connectivity index (χ2v) is 4.10. The lowest BCUT2D eigenvalue weighted by Crippen LogP contribution is -2.11. The van der Waals surface area contributed by atoms with Crippen LogP contribution in [0.3, 0.4) is 0 Å². The highest BCUT2D eigenvalue weighted by atomic mass is 35.5. The number of anilines is 1. The van der Waals surface area contributed by atoms with Gasteiger partial charge in [0.05, 0.1) is 0 Å². The van der Waals surface area contributed by atoms with E-state index >= 15 is 0 Å². The number of ether oxygens (including phenoxy) is 1. The van der Waals surface area contributed by atoms with Gasteiger partial charge in [-0.15, -0.1) is 11.6 Å². The van der Waals surface area contributed by atoms with Crippen molar-refractivity contribution in [1.82, 2.24) is 0 Å². The molecule has 0 aromatic heterocycles. The topological polar surface area (TPSA) is 38.3 Å². The van der Waals surface area contributed by atoms with Gasteiger partial charge in [0.2, 0.25) is 5.91 Å². The molecule has 1 aromatic carbocycles. The zero-order valence-electron chi connectivity index (χ0n) is 9.97. The van der Waals surface area contributed by atoms with Crippen LogP contribution in [-0.2, 0) is 4.79 Å². The normalized spacial score (nSPS) is 10.6. The van der Waals surface area contributed by atoms with E-state index < -0.39 is 18.2 Å². The van der Waals surface area contributed by atoms with Gasteiger partial charge >= 0.3 is 6.61 Å². The highest BCUT2D eigenvalue weighted by Crippen LogP contribution is 2.22. The number of hydrogen-bond donors (Lipinski definition) is 1. The lowest BCUT2D eigenvalue weighted by molar-refractivity contribution is -0.116. The molecule has 0 atom stereocenters. The summed E-state index contributed by atoms with van der Waals surface area (Å²) in [6, 6.07) is 3.26. The van der Waals surface area contributed by atoms with Crippen LogP contribution in [0.1, 0.15) is 19.3 Å². The van der Waals surface area contributed by atoms with E-state index in [9.17, 15) is 18.0 Å². The molecule has 106 valence electrons. The molecule has 0 spiro atoms. The number of nitrogens with one attached hydrogen (secondary N) is 1. The van der Waals surface area contributed by atoms with Crippen LogP contribution in [0.2, 0.25) is 0 Å². The lowest BCUT2D eigenvalue weighted by Gasteiger charge is -2.08. The molecule has 1 amide bonds. The van der Waals surface area contributed by atoms with Crippen LogP contribution in [-0.4, -0.2) is 18.4 Å². The van der Waals surface area contributed by atoms with Crippen molar-refractivity contribution in [3.05, 3.63) is 24.0 Å². The Kier molecular flexibility index (Phi) is 6.49. The molecule has 19 heavy (non-hydrogen) atoms. The van der Waals surface area contributed by atoms with Crippen molar-refractivity contribution in [3.63, 3.8) is 0 Å². The maximum absolute atomic E-state index is 13.3. The van der Waals surface area contributed by atoms with Gasteiger partial charge in [0.15, 0.2) is 11.6 Å². The van der Waals surface area contributed by atoms with E-state index in [1.165, 1.54) is 6.07 Å². The minimum absolute atomic E-state index is 0.190. The fraction of sp³-hybridized carbons (Fsp3) is 0.417. The summed E-state index contributed by atoms with van der Waals surface area (Å²) in [4.78, 5) is 11.4. The number of unbranched alkanes of at least 4 members (excludes halogenated alkanes) is 1. The molecule has 0 radical (unpaired) electrons. The molecular formula is C12H13ClF3NO2. The second kappa shape index (κ2) is 7.89. The molecular weight excluding hydrogens is 283 g/mol. The maximum atomic E-state index is 13.3. The predicted molar refractivity (Wildman–Crippen MR) is 66.2 cm³/mol. The molecule has 3 nitrogen and oxygen atoms in total. The van der Waals surface area contributed by atoms with E-state index in [2.05, 4.69) is 10.1 Å². The summed E-state index contributed by atoms with van der Waals surface area (Å²) >= 11 is 5.47. The molecule has 1 rings (SSSR count). The first-order valence-electron chi connectivity index (χ1n) is 5.63. The van der Waals surface area contributed by atoms with E-state index in [0.717, 1.165) is 12.1 Å². The number of hydrogen-bond acceptors (Lipinski definition) is 2. The first-order chi connectivity index (χ1) is 9.02. The van der Waals surface area contributed by atoms with Gasteiger partial charge < -0.3 is 10.1 Å². The fourth-order valence-electron chi connectivity index (χ4n) is 1.37. The van der Waals surface area contributed by atoms with Gasteiger partial charge in [0, 0.05) is 24.1 Å².